The third-order valence-corrected chi connectivity index (χ3v) is 5.30. The van der Waals surface area contributed by atoms with Crippen molar-refractivity contribution in [1.29, 1.82) is 0 Å². The molecule has 33 heavy (non-hydrogen) atoms. The van der Waals surface area contributed by atoms with Gasteiger partial charge in [0.2, 0.25) is 0 Å². The Morgan fingerprint density at radius 3 is 1.09 bits per heavy atom. The van der Waals surface area contributed by atoms with E-state index in [0.717, 1.165) is 22.6 Å². The van der Waals surface area contributed by atoms with E-state index < -0.39 is 0 Å². The zero-order chi connectivity index (χ0) is 22.7. The molecule has 5 aromatic carbocycles. The first kappa shape index (κ1) is 21.9. The van der Waals surface area contributed by atoms with Gasteiger partial charge >= 0.3 is 0 Å². The molecule has 0 heterocycles. The minimum atomic E-state index is 1.12. The molecule has 0 radical (unpaired) electrons. The second-order valence-corrected chi connectivity index (χ2v) is 7.53. The molecule has 0 aliphatic carbocycles. The highest BCUT2D eigenvalue weighted by Crippen LogP contribution is 2.34. The van der Waals surface area contributed by atoms with E-state index in [1.54, 1.807) is 0 Å². The van der Waals surface area contributed by atoms with Crippen LogP contribution in [0.1, 0.15) is 5.56 Å². The van der Waals surface area contributed by atoms with Crippen molar-refractivity contribution in [2.75, 3.05) is 4.90 Å². The first-order valence-corrected chi connectivity index (χ1v) is 11.1. The third kappa shape index (κ3) is 5.87. The molecule has 0 N–H and O–H groups in total. The summed E-state index contributed by atoms with van der Waals surface area (Å²) in [6.45, 7) is 3.81. The van der Waals surface area contributed by atoms with Crippen LogP contribution in [0, 0.1) is 0 Å². The van der Waals surface area contributed by atoms with Gasteiger partial charge in [0.1, 0.15) is 0 Å². The summed E-state index contributed by atoms with van der Waals surface area (Å²) in [6, 6.07) is 50.0. The second-order valence-electron chi connectivity index (χ2n) is 7.53. The SMILES string of the molecule is C=Cc1ccc(N(c2ccccc2)c2ccccc2)cc1.c1ccc(-c2ccccc2)cc1. The van der Waals surface area contributed by atoms with E-state index >= 15 is 0 Å². The van der Waals surface area contributed by atoms with Crippen molar-refractivity contribution in [2.45, 2.75) is 0 Å². The summed E-state index contributed by atoms with van der Waals surface area (Å²) in [4.78, 5) is 2.24. The summed E-state index contributed by atoms with van der Waals surface area (Å²) in [5, 5.41) is 0. The summed E-state index contributed by atoms with van der Waals surface area (Å²) >= 11 is 0. The molecule has 1 heteroatoms. The van der Waals surface area contributed by atoms with Crippen LogP contribution in [0.2, 0.25) is 0 Å². The Balaban J connectivity index is 0.000000183. The lowest BCUT2D eigenvalue weighted by atomic mass is 10.1. The minimum absolute atomic E-state index is 1.12. The van der Waals surface area contributed by atoms with Gasteiger partial charge in [-0.3, -0.25) is 0 Å². The number of para-hydroxylation sites is 2. The van der Waals surface area contributed by atoms with Gasteiger partial charge in [0.05, 0.1) is 0 Å². The van der Waals surface area contributed by atoms with Crippen LogP contribution in [0.25, 0.3) is 17.2 Å². The van der Waals surface area contributed by atoms with E-state index in [4.69, 9.17) is 0 Å². The highest BCUT2D eigenvalue weighted by Gasteiger charge is 2.10. The van der Waals surface area contributed by atoms with Crippen LogP contribution in [0.4, 0.5) is 17.1 Å². The average molecular weight is 426 g/mol. The molecular formula is C32H27N. The van der Waals surface area contributed by atoms with Gasteiger partial charge in [-0.05, 0) is 53.1 Å². The van der Waals surface area contributed by atoms with Crippen LogP contribution in [0.3, 0.4) is 0 Å². The normalized spacial score (nSPS) is 9.94. The molecule has 0 aliphatic heterocycles. The Labute approximate surface area is 196 Å². The number of nitrogens with zero attached hydrogens (tertiary/aromatic N) is 1. The van der Waals surface area contributed by atoms with Crippen molar-refractivity contribution in [3.05, 3.63) is 158 Å². The molecule has 0 unspecified atom stereocenters. The molecule has 160 valence electrons. The molecular weight excluding hydrogens is 398 g/mol. The van der Waals surface area contributed by atoms with Gasteiger partial charge in [-0.1, -0.05) is 122 Å². The Bertz CT molecular complexity index is 1150. The zero-order valence-corrected chi connectivity index (χ0v) is 18.6. The third-order valence-electron chi connectivity index (χ3n) is 5.30. The lowest BCUT2D eigenvalue weighted by Crippen LogP contribution is -2.09. The van der Waals surface area contributed by atoms with Crippen molar-refractivity contribution in [3.8, 4) is 11.1 Å². The number of hydrogen-bond donors (Lipinski definition) is 0. The summed E-state index contributed by atoms with van der Waals surface area (Å²) in [7, 11) is 0. The molecule has 0 spiro atoms. The Kier molecular flexibility index (Phi) is 7.49. The lowest BCUT2D eigenvalue weighted by Gasteiger charge is -2.25. The fourth-order valence-corrected chi connectivity index (χ4v) is 3.62. The van der Waals surface area contributed by atoms with Crippen molar-refractivity contribution in [2.24, 2.45) is 0 Å². The van der Waals surface area contributed by atoms with E-state index in [1.165, 1.54) is 11.1 Å². The van der Waals surface area contributed by atoms with Crippen molar-refractivity contribution in [1.82, 2.24) is 0 Å². The molecule has 1 nitrogen and oxygen atoms in total. The predicted molar refractivity (Wildman–Crippen MR) is 143 cm³/mol. The molecule has 0 amide bonds. The Morgan fingerprint density at radius 1 is 0.394 bits per heavy atom. The van der Waals surface area contributed by atoms with Crippen LogP contribution >= 0.6 is 0 Å². The number of hydrogen-bond acceptors (Lipinski definition) is 1. The van der Waals surface area contributed by atoms with E-state index in [0.29, 0.717) is 0 Å². The van der Waals surface area contributed by atoms with Gasteiger partial charge in [-0.15, -0.1) is 0 Å². The maximum atomic E-state index is 3.81. The smallest absolute Gasteiger partial charge is 0.0462 e. The topological polar surface area (TPSA) is 3.24 Å². The quantitative estimate of drug-likeness (QED) is 0.271. The largest absolute Gasteiger partial charge is 0.311 e. The summed E-state index contributed by atoms with van der Waals surface area (Å²) in [6.07, 6.45) is 1.86. The van der Waals surface area contributed by atoms with Crippen molar-refractivity contribution in [3.63, 3.8) is 0 Å². The van der Waals surface area contributed by atoms with Gasteiger partial charge < -0.3 is 4.90 Å². The van der Waals surface area contributed by atoms with Gasteiger partial charge in [-0.2, -0.15) is 0 Å². The van der Waals surface area contributed by atoms with Crippen LogP contribution in [-0.4, -0.2) is 0 Å². The second kappa shape index (κ2) is 11.3. The van der Waals surface area contributed by atoms with E-state index in [1.807, 2.05) is 30.3 Å². The first-order valence-electron chi connectivity index (χ1n) is 11.1. The minimum Gasteiger partial charge on any atom is -0.311 e. The molecule has 5 aromatic rings. The molecule has 0 fully saturated rings. The van der Waals surface area contributed by atoms with Gasteiger partial charge in [-0.25, -0.2) is 0 Å². The number of benzene rings is 5. The summed E-state index contributed by atoms with van der Waals surface area (Å²) in [5.41, 5.74) is 7.11. The highest BCUT2D eigenvalue weighted by molar-refractivity contribution is 5.76. The molecule has 0 saturated heterocycles. The van der Waals surface area contributed by atoms with Crippen molar-refractivity contribution >= 4 is 23.1 Å². The zero-order valence-electron chi connectivity index (χ0n) is 18.6. The monoisotopic (exact) mass is 425 g/mol. The maximum Gasteiger partial charge on any atom is 0.0462 e. The standard InChI is InChI=1S/C20H17N.C12H10/c1-2-17-13-15-20(16-14-17)21(18-9-5-3-6-10-18)19-11-7-4-8-12-19;1-3-7-11(8-4-1)12-9-5-2-6-10-12/h2-16H,1H2;1-10H. The molecule has 0 atom stereocenters. The number of rotatable bonds is 5. The number of anilines is 3. The van der Waals surface area contributed by atoms with Crippen molar-refractivity contribution < 1.29 is 0 Å². The predicted octanol–water partition coefficient (Wildman–Crippen LogP) is 9.15. The van der Waals surface area contributed by atoms with Crippen LogP contribution in [0.5, 0.6) is 0 Å². The Hall–Kier alpha value is -4.36. The van der Waals surface area contributed by atoms with E-state index in [2.05, 4.69) is 133 Å². The first-order chi connectivity index (χ1) is 16.3. The Morgan fingerprint density at radius 2 is 0.727 bits per heavy atom. The maximum absolute atomic E-state index is 3.81. The highest BCUT2D eigenvalue weighted by atomic mass is 15.1. The average Bonchev–Trinajstić information content (AvgIpc) is 2.92. The molecule has 0 saturated carbocycles. The molecule has 0 aliphatic rings. The van der Waals surface area contributed by atoms with Crippen LogP contribution in [0.15, 0.2) is 152 Å². The lowest BCUT2D eigenvalue weighted by molar-refractivity contribution is 1.28. The van der Waals surface area contributed by atoms with E-state index in [-0.39, 0.29) is 0 Å². The van der Waals surface area contributed by atoms with Gasteiger partial charge in [0, 0.05) is 17.1 Å². The fraction of sp³-hybridized carbons (Fsp3) is 0. The molecule has 0 bridgehead atoms. The molecule has 5 rings (SSSR count). The van der Waals surface area contributed by atoms with Gasteiger partial charge in [0.15, 0.2) is 0 Å². The fourth-order valence-electron chi connectivity index (χ4n) is 3.62. The van der Waals surface area contributed by atoms with E-state index in [9.17, 15) is 0 Å². The summed E-state index contributed by atoms with van der Waals surface area (Å²) in [5.74, 6) is 0. The van der Waals surface area contributed by atoms with Crippen LogP contribution in [-0.2, 0) is 0 Å². The van der Waals surface area contributed by atoms with Gasteiger partial charge in [0.25, 0.3) is 0 Å². The molecule has 0 aromatic heterocycles. The summed E-state index contributed by atoms with van der Waals surface area (Å²) < 4.78 is 0. The van der Waals surface area contributed by atoms with Crippen LogP contribution < -0.4 is 4.90 Å².